The highest BCUT2D eigenvalue weighted by Gasteiger charge is 2.29. The van der Waals surface area contributed by atoms with Crippen LogP contribution >= 0.6 is 11.8 Å². The summed E-state index contributed by atoms with van der Waals surface area (Å²) in [5.41, 5.74) is 0. The van der Waals surface area contributed by atoms with Gasteiger partial charge in [-0.05, 0) is 57.9 Å². The van der Waals surface area contributed by atoms with Gasteiger partial charge >= 0.3 is 0 Å². The Morgan fingerprint density at radius 1 is 1.39 bits per heavy atom. The molecule has 1 N–H and O–H groups in total. The van der Waals surface area contributed by atoms with E-state index in [1.165, 1.54) is 31.6 Å². The van der Waals surface area contributed by atoms with E-state index >= 15 is 0 Å². The van der Waals surface area contributed by atoms with Crippen molar-refractivity contribution in [2.45, 2.75) is 52.1 Å². The van der Waals surface area contributed by atoms with Gasteiger partial charge in [0.2, 0.25) is 0 Å². The SMILES string of the molecule is CCNC1CCC(C)CC1CN(C)C(C)CSC. The fourth-order valence-electron chi connectivity index (χ4n) is 3.15. The molecule has 0 heterocycles. The molecular formula is C15H32N2S. The molecule has 1 rings (SSSR count). The van der Waals surface area contributed by atoms with Crippen LogP contribution in [0.15, 0.2) is 0 Å². The zero-order valence-electron chi connectivity index (χ0n) is 12.9. The average Bonchev–Trinajstić information content (AvgIpc) is 2.33. The van der Waals surface area contributed by atoms with Crippen LogP contribution in [0.5, 0.6) is 0 Å². The first-order chi connectivity index (χ1) is 8.58. The molecular weight excluding hydrogens is 240 g/mol. The van der Waals surface area contributed by atoms with E-state index in [2.05, 4.69) is 44.3 Å². The second-order valence-electron chi connectivity index (χ2n) is 6.09. The molecule has 4 unspecified atom stereocenters. The third-order valence-electron chi connectivity index (χ3n) is 4.39. The Balaban J connectivity index is 2.48. The van der Waals surface area contributed by atoms with Crippen molar-refractivity contribution in [2.24, 2.45) is 11.8 Å². The third-order valence-corrected chi connectivity index (χ3v) is 5.21. The highest BCUT2D eigenvalue weighted by atomic mass is 32.2. The summed E-state index contributed by atoms with van der Waals surface area (Å²) in [5.74, 6) is 2.99. The average molecular weight is 273 g/mol. The molecule has 1 aliphatic carbocycles. The van der Waals surface area contributed by atoms with E-state index in [-0.39, 0.29) is 0 Å². The van der Waals surface area contributed by atoms with E-state index in [0.29, 0.717) is 6.04 Å². The first-order valence-corrected chi connectivity index (χ1v) is 8.90. The van der Waals surface area contributed by atoms with Gasteiger partial charge in [0, 0.05) is 24.4 Å². The lowest BCUT2D eigenvalue weighted by atomic mass is 9.78. The normalized spacial score (nSPS) is 30.7. The van der Waals surface area contributed by atoms with Gasteiger partial charge in [0.1, 0.15) is 0 Å². The van der Waals surface area contributed by atoms with Crippen LogP contribution in [0.25, 0.3) is 0 Å². The van der Waals surface area contributed by atoms with Crippen molar-refractivity contribution in [1.82, 2.24) is 10.2 Å². The molecule has 0 radical (unpaired) electrons. The van der Waals surface area contributed by atoms with Crippen molar-refractivity contribution in [3.63, 3.8) is 0 Å². The highest BCUT2D eigenvalue weighted by molar-refractivity contribution is 7.98. The summed E-state index contributed by atoms with van der Waals surface area (Å²) in [4.78, 5) is 2.56. The molecule has 3 heteroatoms. The Morgan fingerprint density at radius 3 is 2.72 bits per heavy atom. The van der Waals surface area contributed by atoms with E-state index < -0.39 is 0 Å². The van der Waals surface area contributed by atoms with E-state index in [9.17, 15) is 0 Å². The van der Waals surface area contributed by atoms with Gasteiger partial charge in [-0.1, -0.05) is 13.8 Å². The Hall–Kier alpha value is 0.270. The van der Waals surface area contributed by atoms with E-state index in [1.807, 2.05) is 11.8 Å². The van der Waals surface area contributed by atoms with Crippen molar-refractivity contribution in [3.8, 4) is 0 Å². The van der Waals surface area contributed by atoms with E-state index in [1.54, 1.807) is 0 Å². The molecule has 0 spiro atoms. The predicted molar refractivity (Wildman–Crippen MR) is 84.4 cm³/mol. The maximum atomic E-state index is 3.70. The summed E-state index contributed by atoms with van der Waals surface area (Å²) in [6.45, 7) is 9.37. The predicted octanol–water partition coefficient (Wildman–Crippen LogP) is 3.08. The standard InChI is InChI=1S/C15H32N2S/c1-6-16-15-8-7-12(2)9-14(15)10-17(4)13(3)11-18-5/h12-16H,6-11H2,1-5H3. The number of hydrogen-bond donors (Lipinski definition) is 1. The molecule has 1 aliphatic rings. The molecule has 1 fully saturated rings. The minimum absolute atomic E-state index is 0.694. The molecule has 0 bridgehead atoms. The number of nitrogens with zero attached hydrogens (tertiary/aromatic N) is 1. The van der Waals surface area contributed by atoms with Gasteiger partial charge in [0.25, 0.3) is 0 Å². The highest BCUT2D eigenvalue weighted by Crippen LogP contribution is 2.30. The molecule has 0 amide bonds. The Bertz CT molecular complexity index is 223. The largest absolute Gasteiger partial charge is 0.314 e. The lowest BCUT2D eigenvalue weighted by molar-refractivity contribution is 0.146. The zero-order valence-corrected chi connectivity index (χ0v) is 13.7. The first-order valence-electron chi connectivity index (χ1n) is 7.51. The lowest BCUT2D eigenvalue weighted by Gasteiger charge is -2.39. The van der Waals surface area contributed by atoms with Crippen molar-refractivity contribution < 1.29 is 0 Å². The Kier molecular flexibility index (Phi) is 7.66. The van der Waals surface area contributed by atoms with Crippen molar-refractivity contribution in [2.75, 3.05) is 32.1 Å². The molecule has 2 nitrogen and oxygen atoms in total. The van der Waals surface area contributed by atoms with Gasteiger partial charge in [-0.3, -0.25) is 0 Å². The van der Waals surface area contributed by atoms with Gasteiger partial charge in [0.05, 0.1) is 0 Å². The fraction of sp³-hybridized carbons (Fsp3) is 1.00. The minimum Gasteiger partial charge on any atom is -0.314 e. The molecule has 0 aliphatic heterocycles. The number of thioether (sulfide) groups is 1. The minimum atomic E-state index is 0.694. The summed E-state index contributed by atoms with van der Waals surface area (Å²) in [7, 11) is 2.29. The summed E-state index contributed by atoms with van der Waals surface area (Å²) in [6, 6.07) is 1.44. The van der Waals surface area contributed by atoms with Gasteiger partial charge in [-0.15, -0.1) is 0 Å². The summed E-state index contributed by atoms with van der Waals surface area (Å²) >= 11 is 1.95. The van der Waals surface area contributed by atoms with Crippen molar-refractivity contribution >= 4 is 11.8 Å². The Morgan fingerprint density at radius 2 is 2.11 bits per heavy atom. The second-order valence-corrected chi connectivity index (χ2v) is 7.00. The molecule has 0 saturated heterocycles. The Labute approximate surface area is 118 Å². The van der Waals surface area contributed by atoms with Crippen LogP contribution in [-0.2, 0) is 0 Å². The number of rotatable bonds is 7. The van der Waals surface area contributed by atoms with Crippen LogP contribution in [0.2, 0.25) is 0 Å². The lowest BCUT2D eigenvalue weighted by Crippen LogP contribution is -2.46. The zero-order chi connectivity index (χ0) is 13.5. The van der Waals surface area contributed by atoms with Crippen LogP contribution in [0.4, 0.5) is 0 Å². The molecule has 0 aromatic heterocycles. The van der Waals surface area contributed by atoms with E-state index in [0.717, 1.165) is 24.4 Å². The summed E-state index contributed by atoms with van der Waals surface area (Å²) in [5, 5.41) is 3.70. The van der Waals surface area contributed by atoms with Crippen LogP contribution in [0.3, 0.4) is 0 Å². The number of nitrogens with one attached hydrogen (secondary N) is 1. The smallest absolute Gasteiger partial charge is 0.0155 e. The van der Waals surface area contributed by atoms with Crippen LogP contribution in [0.1, 0.15) is 40.0 Å². The fourth-order valence-corrected chi connectivity index (χ4v) is 3.89. The molecule has 0 aromatic rings. The third kappa shape index (κ3) is 5.10. The maximum absolute atomic E-state index is 3.70. The van der Waals surface area contributed by atoms with Gasteiger partial charge < -0.3 is 10.2 Å². The van der Waals surface area contributed by atoms with Gasteiger partial charge in [-0.2, -0.15) is 11.8 Å². The molecule has 4 atom stereocenters. The summed E-state index contributed by atoms with van der Waals surface area (Å²) < 4.78 is 0. The summed E-state index contributed by atoms with van der Waals surface area (Å²) in [6.07, 6.45) is 6.37. The molecule has 18 heavy (non-hydrogen) atoms. The molecule has 1 saturated carbocycles. The van der Waals surface area contributed by atoms with Crippen LogP contribution in [-0.4, -0.2) is 49.1 Å². The maximum Gasteiger partial charge on any atom is 0.0155 e. The van der Waals surface area contributed by atoms with Crippen LogP contribution in [0, 0.1) is 11.8 Å². The second kappa shape index (κ2) is 8.44. The molecule has 0 aromatic carbocycles. The number of hydrogen-bond acceptors (Lipinski definition) is 3. The first kappa shape index (κ1) is 16.3. The van der Waals surface area contributed by atoms with Crippen molar-refractivity contribution in [3.05, 3.63) is 0 Å². The van der Waals surface area contributed by atoms with Crippen LogP contribution < -0.4 is 5.32 Å². The van der Waals surface area contributed by atoms with Crippen molar-refractivity contribution in [1.29, 1.82) is 0 Å². The quantitative estimate of drug-likeness (QED) is 0.767. The monoisotopic (exact) mass is 272 g/mol. The van der Waals surface area contributed by atoms with E-state index in [4.69, 9.17) is 0 Å². The van der Waals surface area contributed by atoms with Gasteiger partial charge in [-0.25, -0.2) is 0 Å². The van der Waals surface area contributed by atoms with Gasteiger partial charge in [0.15, 0.2) is 0 Å². The topological polar surface area (TPSA) is 15.3 Å². The molecule has 108 valence electrons.